The zero-order valence-electron chi connectivity index (χ0n) is 17.2. The molecule has 0 radical (unpaired) electrons. The molecule has 10 heteroatoms. The minimum absolute atomic E-state index is 0.139. The predicted molar refractivity (Wildman–Crippen MR) is 127 cm³/mol. The van der Waals surface area contributed by atoms with Gasteiger partial charge in [0.25, 0.3) is 0 Å². The third kappa shape index (κ3) is 6.07. The lowest BCUT2D eigenvalue weighted by Gasteiger charge is -2.17. The van der Waals surface area contributed by atoms with E-state index in [1.165, 1.54) is 11.8 Å². The lowest BCUT2D eigenvalue weighted by atomic mass is 10.2. The Balaban J connectivity index is 1.67. The second kappa shape index (κ2) is 10.6. The van der Waals surface area contributed by atoms with Gasteiger partial charge >= 0.3 is 0 Å². The minimum Gasteiger partial charge on any atom is -0.481 e. The van der Waals surface area contributed by atoms with E-state index in [9.17, 15) is 4.79 Å². The number of aromatic nitrogens is 3. The van der Waals surface area contributed by atoms with E-state index < -0.39 is 0 Å². The summed E-state index contributed by atoms with van der Waals surface area (Å²) >= 11 is 19.6. The molecule has 6 nitrogen and oxygen atoms in total. The highest BCUT2D eigenvalue weighted by molar-refractivity contribution is 7.99. The molecule has 1 unspecified atom stereocenters. The normalized spacial score (nSPS) is 11.9. The minimum atomic E-state index is -0.375. The fraction of sp³-hybridized carbons (Fsp3) is 0.286. The van der Waals surface area contributed by atoms with E-state index in [2.05, 4.69) is 15.5 Å². The summed E-state index contributed by atoms with van der Waals surface area (Å²) in [6.07, 6.45) is -0.375. The van der Waals surface area contributed by atoms with Crippen LogP contribution in [0.4, 0.5) is 5.69 Å². The first kappa shape index (κ1) is 23.7. The number of carbonyl (C=O) groups excluding carboxylic acids is 1. The number of hydrogen-bond donors (Lipinski definition) is 1. The summed E-state index contributed by atoms with van der Waals surface area (Å²) in [5.41, 5.74) is 1.51. The average molecular weight is 500 g/mol. The molecule has 0 aliphatic carbocycles. The molecule has 0 aliphatic rings. The van der Waals surface area contributed by atoms with E-state index in [0.29, 0.717) is 44.0 Å². The van der Waals surface area contributed by atoms with E-state index in [1.54, 1.807) is 24.3 Å². The summed E-state index contributed by atoms with van der Waals surface area (Å²) in [5, 5.41) is 13.3. The van der Waals surface area contributed by atoms with E-state index >= 15 is 0 Å². The zero-order valence-corrected chi connectivity index (χ0v) is 20.2. The number of thioether (sulfide) groups is 1. The van der Waals surface area contributed by atoms with Crippen molar-refractivity contribution in [3.63, 3.8) is 0 Å². The fourth-order valence-corrected chi connectivity index (χ4v) is 4.17. The lowest BCUT2D eigenvalue weighted by molar-refractivity contribution is -0.113. The van der Waals surface area contributed by atoms with Crippen molar-refractivity contribution < 1.29 is 9.53 Å². The molecule has 1 atom stereocenters. The van der Waals surface area contributed by atoms with Gasteiger partial charge in [0.05, 0.1) is 21.5 Å². The molecule has 0 fully saturated rings. The first-order valence-electron chi connectivity index (χ1n) is 9.52. The number of ether oxygens (including phenoxy) is 1. The van der Waals surface area contributed by atoms with Crippen LogP contribution in [0.15, 0.2) is 41.6 Å². The summed E-state index contributed by atoms with van der Waals surface area (Å²) < 4.78 is 7.94. The molecular formula is C21H21Cl3N4O2S. The zero-order chi connectivity index (χ0) is 22.5. The quantitative estimate of drug-likeness (QED) is 0.361. The van der Waals surface area contributed by atoms with E-state index in [4.69, 9.17) is 39.5 Å². The van der Waals surface area contributed by atoms with Crippen LogP contribution in [0.5, 0.6) is 5.75 Å². The van der Waals surface area contributed by atoms with Crippen LogP contribution in [-0.2, 0) is 11.3 Å². The Labute approximate surface area is 200 Å². The van der Waals surface area contributed by atoms with Crippen LogP contribution in [0.1, 0.15) is 31.3 Å². The van der Waals surface area contributed by atoms with E-state index in [-0.39, 0.29) is 17.8 Å². The molecule has 0 aliphatic heterocycles. The number of nitrogens with zero attached hydrogens (tertiary/aromatic N) is 3. The van der Waals surface area contributed by atoms with Crippen molar-refractivity contribution in [3.8, 4) is 5.75 Å². The van der Waals surface area contributed by atoms with Crippen molar-refractivity contribution in [3.05, 3.63) is 62.9 Å². The van der Waals surface area contributed by atoms with Crippen molar-refractivity contribution in [1.29, 1.82) is 0 Å². The number of hydrogen-bond acceptors (Lipinski definition) is 5. The van der Waals surface area contributed by atoms with Gasteiger partial charge in [0.2, 0.25) is 5.91 Å². The Morgan fingerprint density at radius 2 is 1.90 bits per heavy atom. The van der Waals surface area contributed by atoms with Crippen LogP contribution >= 0.6 is 46.6 Å². The van der Waals surface area contributed by atoms with Gasteiger partial charge in [0.15, 0.2) is 17.1 Å². The second-order valence-electron chi connectivity index (χ2n) is 6.74. The molecule has 0 saturated carbocycles. The number of aryl methyl sites for hydroxylation is 1. The largest absolute Gasteiger partial charge is 0.481 e. The molecule has 31 heavy (non-hydrogen) atoms. The number of halogens is 3. The number of nitrogens with one attached hydrogen (secondary N) is 1. The van der Waals surface area contributed by atoms with Gasteiger partial charge in [0.1, 0.15) is 5.75 Å². The maximum atomic E-state index is 12.4. The number of amides is 1. The van der Waals surface area contributed by atoms with Gasteiger partial charge in [0, 0.05) is 11.6 Å². The first-order chi connectivity index (χ1) is 14.8. The van der Waals surface area contributed by atoms with E-state index in [1.807, 2.05) is 37.5 Å². The maximum absolute atomic E-state index is 12.4. The Morgan fingerprint density at radius 3 is 2.65 bits per heavy atom. The van der Waals surface area contributed by atoms with Crippen LogP contribution in [0.25, 0.3) is 0 Å². The molecule has 1 amide bonds. The summed E-state index contributed by atoms with van der Waals surface area (Å²) in [5.74, 6) is 1.16. The van der Waals surface area contributed by atoms with Gasteiger partial charge in [-0.15, -0.1) is 10.2 Å². The van der Waals surface area contributed by atoms with Crippen molar-refractivity contribution in [1.82, 2.24) is 14.8 Å². The van der Waals surface area contributed by atoms with Crippen LogP contribution in [0, 0.1) is 6.92 Å². The standard InChI is InChI=1S/C21H21Cl3N4O2S/c1-4-28-20(13(3)30-18-9-12(2)5-7-16(18)24)26-27-21(28)31-11-19(29)25-17-10-14(22)6-8-15(17)23/h5-10,13H,4,11H2,1-3H3,(H,25,29). The van der Waals surface area contributed by atoms with Crippen molar-refractivity contribution in [2.45, 2.75) is 38.6 Å². The molecule has 2 aromatic carbocycles. The topological polar surface area (TPSA) is 69.0 Å². The van der Waals surface area contributed by atoms with Gasteiger partial charge in [-0.25, -0.2) is 0 Å². The highest BCUT2D eigenvalue weighted by Crippen LogP contribution is 2.31. The number of carbonyl (C=O) groups is 1. The molecule has 3 aromatic rings. The molecule has 1 aromatic heterocycles. The molecule has 164 valence electrons. The molecule has 0 spiro atoms. The van der Waals surface area contributed by atoms with Gasteiger partial charge < -0.3 is 14.6 Å². The first-order valence-corrected chi connectivity index (χ1v) is 11.6. The van der Waals surface area contributed by atoms with Crippen LogP contribution in [0.2, 0.25) is 15.1 Å². The molecule has 0 bridgehead atoms. The van der Waals surface area contributed by atoms with Crippen molar-refractivity contribution >= 4 is 58.2 Å². The maximum Gasteiger partial charge on any atom is 0.234 e. The van der Waals surface area contributed by atoms with Gasteiger partial charge in [-0.1, -0.05) is 52.6 Å². The summed E-state index contributed by atoms with van der Waals surface area (Å²) in [6, 6.07) is 10.5. The third-order valence-corrected chi connectivity index (χ3v) is 6.19. The van der Waals surface area contributed by atoms with Crippen molar-refractivity contribution in [2.75, 3.05) is 11.1 Å². The average Bonchev–Trinajstić information content (AvgIpc) is 3.15. The number of rotatable bonds is 8. The smallest absolute Gasteiger partial charge is 0.234 e. The molecule has 3 rings (SSSR count). The Morgan fingerprint density at radius 1 is 1.16 bits per heavy atom. The van der Waals surface area contributed by atoms with E-state index in [0.717, 1.165) is 5.56 Å². The van der Waals surface area contributed by atoms with Crippen LogP contribution < -0.4 is 10.1 Å². The van der Waals surface area contributed by atoms with Crippen molar-refractivity contribution in [2.24, 2.45) is 0 Å². The second-order valence-corrected chi connectivity index (χ2v) is 8.93. The molecule has 1 heterocycles. The third-order valence-electron chi connectivity index (χ3n) is 4.35. The monoisotopic (exact) mass is 498 g/mol. The highest BCUT2D eigenvalue weighted by atomic mass is 35.5. The van der Waals surface area contributed by atoms with Gasteiger partial charge in [-0.3, -0.25) is 4.79 Å². The van der Waals surface area contributed by atoms with Gasteiger partial charge in [-0.05, 0) is 56.7 Å². The molecular weight excluding hydrogens is 479 g/mol. The van der Waals surface area contributed by atoms with Crippen LogP contribution in [0.3, 0.4) is 0 Å². The SMILES string of the molecule is CCn1c(SCC(=O)Nc2cc(Cl)ccc2Cl)nnc1C(C)Oc1cc(C)ccc1Cl. The summed E-state index contributed by atoms with van der Waals surface area (Å²) in [6.45, 7) is 6.46. The number of benzene rings is 2. The van der Waals surface area contributed by atoms with Gasteiger partial charge in [-0.2, -0.15) is 0 Å². The summed E-state index contributed by atoms with van der Waals surface area (Å²) in [7, 11) is 0. The lowest BCUT2D eigenvalue weighted by Crippen LogP contribution is -2.15. The van der Waals surface area contributed by atoms with Crippen LogP contribution in [-0.4, -0.2) is 26.4 Å². The highest BCUT2D eigenvalue weighted by Gasteiger charge is 2.20. The molecule has 0 saturated heterocycles. The fourth-order valence-electron chi connectivity index (χ4n) is 2.86. The Kier molecular flexibility index (Phi) is 8.11. The predicted octanol–water partition coefficient (Wildman–Crippen LogP) is 6.44. The number of anilines is 1. The molecule has 1 N–H and O–H groups in total. The Hall–Kier alpha value is -1.93. The summed E-state index contributed by atoms with van der Waals surface area (Å²) in [4.78, 5) is 12.4. The Bertz CT molecular complexity index is 1090.